The minimum atomic E-state index is 1.19. The van der Waals surface area contributed by atoms with Gasteiger partial charge in [-0.1, -0.05) is 84.9 Å². The molecule has 0 aliphatic heterocycles. The average molecular weight is 450 g/mol. The van der Waals surface area contributed by atoms with Gasteiger partial charge in [0.05, 0.1) is 5.52 Å². The fourth-order valence-electron chi connectivity index (χ4n) is 5.57. The Bertz CT molecular complexity index is 2070. The fraction of sp³-hybridized carbons (Fsp3) is 0. The van der Waals surface area contributed by atoms with Crippen molar-refractivity contribution < 1.29 is 0 Å². The Morgan fingerprint density at radius 3 is 2.21 bits per heavy atom. The van der Waals surface area contributed by atoms with Gasteiger partial charge in [-0.3, -0.25) is 0 Å². The quantitative estimate of drug-likeness (QED) is 0.257. The van der Waals surface area contributed by atoms with Crippen molar-refractivity contribution >= 4 is 74.9 Å². The van der Waals surface area contributed by atoms with E-state index in [9.17, 15) is 0 Å². The minimum Gasteiger partial charge on any atom is -0.354 e. The van der Waals surface area contributed by atoms with E-state index in [-0.39, 0.29) is 0 Å². The van der Waals surface area contributed by atoms with Crippen LogP contribution in [0.3, 0.4) is 0 Å². The standard InChI is InChI=1S/C32H19NS/c1-2-8-21-17-28-27(16-20(21)7-1)25-11-5-10-24(32(25)33-28)22-12-14-26-30(18-22)34-29-15-13-19-6-3-4-9-23(19)31(26)29/h1-18,33H. The number of thiophene rings is 1. The molecule has 1 N–H and O–H groups in total. The summed E-state index contributed by atoms with van der Waals surface area (Å²) in [5, 5.41) is 10.5. The molecule has 34 heavy (non-hydrogen) atoms. The average Bonchev–Trinajstić information content (AvgIpc) is 3.44. The molecule has 0 saturated heterocycles. The van der Waals surface area contributed by atoms with Gasteiger partial charge in [0.1, 0.15) is 0 Å². The van der Waals surface area contributed by atoms with Gasteiger partial charge in [-0.25, -0.2) is 0 Å². The smallest absolute Gasteiger partial charge is 0.0544 e. The van der Waals surface area contributed by atoms with Crippen molar-refractivity contribution in [2.45, 2.75) is 0 Å². The maximum Gasteiger partial charge on any atom is 0.0544 e. The number of aromatic nitrogens is 1. The number of hydrogen-bond donors (Lipinski definition) is 1. The number of hydrogen-bond acceptors (Lipinski definition) is 1. The molecular formula is C32H19NS. The lowest BCUT2D eigenvalue weighted by Crippen LogP contribution is -1.80. The highest BCUT2D eigenvalue weighted by molar-refractivity contribution is 7.26. The van der Waals surface area contributed by atoms with Gasteiger partial charge < -0.3 is 4.98 Å². The lowest BCUT2D eigenvalue weighted by atomic mass is 9.99. The summed E-state index contributed by atoms with van der Waals surface area (Å²) in [5.41, 5.74) is 4.90. The summed E-state index contributed by atoms with van der Waals surface area (Å²) in [4.78, 5) is 3.74. The van der Waals surface area contributed by atoms with Crippen molar-refractivity contribution in [3.63, 3.8) is 0 Å². The van der Waals surface area contributed by atoms with Crippen LogP contribution >= 0.6 is 11.3 Å². The maximum atomic E-state index is 3.74. The Hall–Kier alpha value is -4.14. The highest BCUT2D eigenvalue weighted by Crippen LogP contribution is 2.41. The summed E-state index contributed by atoms with van der Waals surface area (Å²) in [5.74, 6) is 0. The fourth-order valence-corrected chi connectivity index (χ4v) is 6.73. The predicted octanol–water partition coefficient (Wildman–Crippen LogP) is 9.66. The maximum absolute atomic E-state index is 3.74. The highest BCUT2D eigenvalue weighted by Gasteiger charge is 2.13. The first-order chi connectivity index (χ1) is 16.8. The third-order valence-corrected chi connectivity index (χ3v) is 8.29. The SMILES string of the molecule is c1ccc2cc3c(cc2c1)[nH]c1c(-c2ccc4c(c2)sc2ccc5ccccc5c24)cccc13. The summed E-state index contributed by atoms with van der Waals surface area (Å²) in [7, 11) is 0. The van der Waals surface area contributed by atoms with Crippen LogP contribution in [-0.2, 0) is 0 Å². The molecule has 0 amide bonds. The van der Waals surface area contributed by atoms with Gasteiger partial charge in [-0.2, -0.15) is 0 Å². The van der Waals surface area contributed by atoms with E-state index < -0.39 is 0 Å². The Morgan fingerprint density at radius 2 is 1.29 bits per heavy atom. The zero-order valence-electron chi connectivity index (χ0n) is 18.3. The molecule has 8 aromatic rings. The van der Waals surface area contributed by atoms with Crippen molar-refractivity contribution in [1.82, 2.24) is 4.98 Å². The van der Waals surface area contributed by atoms with Crippen molar-refractivity contribution in [2.24, 2.45) is 0 Å². The predicted molar refractivity (Wildman–Crippen MR) is 149 cm³/mol. The first-order valence-electron chi connectivity index (χ1n) is 11.6. The molecule has 0 radical (unpaired) electrons. The molecule has 0 atom stereocenters. The van der Waals surface area contributed by atoms with Crippen LogP contribution in [0.1, 0.15) is 0 Å². The van der Waals surface area contributed by atoms with Crippen molar-refractivity contribution in [2.75, 3.05) is 0 Å². The van der Waals surface area contributed by atoms with Crippen molar-refractivity contribution in [3.05, 3.63) is 109 Å². The van der Waals surface area contributed by atoms with E-state index in [1.807, 2.05) is 11.3 Å². The minimum absolute atomic E-state index is 1.19. The zero-order chi connectivity index (χ0) is 22.2. The third-order valence-electron chi connectivity index (χ3n) is 7.17. The Morgan fingerprint density at radius 1 is 0.500 bits per heavy atom. The van der Waals surface area contributed by atoms with Crippen molar-refractivity contribution in [1.29, 1.82) is 0 Å². The number of rotatable bonds is 1. The van der Waals surface area contributed by atoms with Crippen LogP contribution in [0.25, 0.3) is 74.6 Å². The molecule has 1 nitrogen and oxygen atoms in total. The number of H-pyrrole nitrogens is 1. The molecule has 0 bridgehead atoms. The highest BCUT2D eigenvalue weighted by atomic mass is 32.1. The Kier molecular flexibility index (Phi) is 3.60. The second kappa shape index (κ2) is 6.69. The first-order valence-corrected chi connectivity index (χ1v) is 12.4. The molecule has 2 aromatic heterocycles. The summed E-state index contributed by atoms with van der Waals surface area (Å²) < 4.78 is 2.68. The number of benzene rings is 6. The van der Waals surface area contributed by atoms with Crippen LogP contribution in [0.4, 0.5) is 0 Å². The van der Waals surface area contributed by atoms with Gasteiger partial charge >= 0.3 is 0 Å². The Labute approximate surface area is 199 Å². The van der Waals surface area contributed by atoms with Gasteiger partial charge in [0.15, 0.2) is 0 Å². The molecule has 0 aliphatic carbocycles. The molecule has 2 heteroatoms. The monoisotopic (exact) mass is 449 g/mol. The van der Waals surface area contributed by atoms with Gasteiger partial charge in [-0.15, -0.1) is 11.3 Å². The molecular weight excluding hydrogens is 430 g/mol. The van der Waals surface area contributed by atoms with Crippen LogP contribution in [0.5, 0.6) is 0 Å². The second-order valence-corrected chi connectivity index (χ2v) is 10.2. The largest absolute Gasteiger partial charge is 0.354 e. The number of fused-ring (bicyclic) bond motifs is 9. The normalized spacial score (nSPS) is 12.1. The van der Waals surface area contributed by atoms with Crippen LogP contribution in [0.15, 0.2) is 109 Å². The van der Waals surface area contributed by atoms with Crippen LogP contribution in [0.2, 0.25) is 0 Å². The van der Waals surface area contributed by atoms with E-state index in [4.69, 9.17) is 0 Å². The summed E-state index contributed by atoms with van der Waals surface area (Å²) in [6.45, 7) is 0. The molecule has 0 fully saturated rings. The summed E-state index contributed by atoms with van der Waals surface area (Å²) in [6.07, 6.45) is 0. The van der Waals surface area contributed by atoms with E-state index in [2.05, 4.69) is 114 Å². The number of aromatic amines is 1. The molecule has 0 saturated carbocycles. The zero-order valence-corrected chi connectivity index (χ0v) is 19.1. The summed E-state index contributed by atoms with van der Waals surface area (Å²) >= 11 is 1.89. The lowest BCUT2D eigenvalue weighted by molar-refractivity contribution is 1.55. The van der Waals surface area contributed by atoms with Crippen LogP contribution in [0, 0.1) is 0 Å². The van der Waals surface area contributed by atoms with Gasteiger partial charge in [0.2, 0.25) is 0 Å². The number of nitrogens with one attached hydrogen (secondary N) is 1. The Balaban J connectivity index is 1.39. The first kappa shape index (κ1) is 18.3. The van der Waals surface area contributed by atoms with E-state index in [1.54, 1.807) is 0 Å². The molecule has 158 valence electrons. The molecule has 0 unspecified atom stereocenters. The molecule has 6 aromatic carbocycles. The summed E-state index contributed by atoms with van der Waals surface area (Å²) in [6, 6.07) is 40.0. The molecule has 0 spiro atoms. The molecule has 0 aliphatic rings. The van der Waals surface area contributed by atoms with Crippen LogP contribution < -0.4 is 0 Å². The van der Waals surface area contributed by atoms with Gasteiger partial charge in [-0.05, 0) is 51.4 Å². The molecule has 2 heterocycles. The third kappa shape index (κ3) is 2.49. The lowest BCUT2D eigenvalue weighted by Gasteiger charge is -2.05. The number of para-hydroxylation sites is 1. The van der Waals surface area contributed by atoms with Gasteiger partial charge in [0.25, 0.3) is 0 Å². The second-order valence-electron chi connectivity index (χ2n) is 9.07. The van der Waals surface area contributed by atoms with Crippen molar-refractivity contribution in [3.8, 4) is 11.1 Å². The molecule has 8 rings (SSSR count). The van der Waals surface area contributed by atoms with E-state index >= 15 is 0 Å². The topological polar surface area (TPSA) is 15.8 Å². The van der Waals surface area contributed by atoms with Crippen LogP contribution in [-0.4, -0.2) is 4.98 Å². The van der Waals surface area contributed by atoms with E-state index in [1.165, 1.54) is 74.6 Å². The van der Waals surface area contributed by atoms with E-state index in [0.717, 1.165) is 0 Å². The van der Waals surface area contributed by atoms with E-state index in [0.29, 0.717) is 0 Å². The van der Waals surface area contributed by atoms with Gasteiger partial charge in [0, 0.05) is 42.0 Å².